The zero-order valence-corrected chi connectivity index (χ0v) is 47.0. The quantitative estimate of drug-likeness (QED) is 0.138. The molecular formula is C74H47N13. The zero-order chi connectivity index (χ0) is 57.9. The SMILES string of the molecule is CC(C)c1c(-n2c3ccc(-c4cncnc4)cc3c3cc(-c4cncnc4)ccc32)c(-n2c3ccccc3c3ccccc32)c(C#N)c(-n2c3ccccc3c3ccccc32)c1-n1c2ccc(-c3cncnc3)cc2c2cc(-c3cncnc3)ccc21. The van der Waals surface area contributed by atoms with Gasteiger partial charge in [0.25, 0.3) is 0 Å². The average molecular weight is 1120 g/mol. The molecule has 0 aliphatic heterocycles. The van der Waals surface area contributed by atoms with Crippen molar-refractivity contribution in [2.75, 3.05) is 0 Å². The number of hydrogen-bond acceptors (Lipinski definition) is 9. The first-order chi connectivity index (χ1) is 43.0. The van der Waals surface area contributed by atoms with Crippen LogP contribution >= 0.6 is 0 Å². The van der Waals surface area contributed by atoms with Crippen LogP contribution in [0.3, 0.4) is 0 Å². The highest BCUT2D eigenvalue weighted by Crippen LogP contribution is 2.51. The van der Waals surface area contributed by atoms with Crippen LogP contribution in [0.25, 0.3) is 154 Å². The first-order valence-corrected chi connectivity index (χ1v) is 28.8. The predicted octanol–water partition coefficient (Wildman–Crippen LogP) is 16.9. The van der Waals surface area contributed by atoms with Gasteiger partial charge in [-0.3, -0.25) is 0 Å². The van der Waals surface area contributed by atoms with E-state index in [4.69, 9.17) is 0 Å². The number of benzene rings is 9. The van der Waals surface area contributed by atoms with Crippen LogP contribution in [-0.2, 0) is 0 Å². The van der Waals surface area contributed by atoms with Gasteiger partial charge in [0.05, 0.1) is 66.9 Å². The molecule has 0 amide bonds. The molecule has 0 bridgehead atoms. The molecule has 0 unspecified atom stereocenters. The van der Waals surface area contributed by atoms with Crippen molar-refractivity contribution in [1.82, 2.24) is 58.1 Å². The monoisotopic (exact) mass is 1120 g/mol. The second-order valence-electron chi connectivity index (χ2n) is 22.3. The molecule has 0 atom stereocenters. The molecule has 8 aromatic heterocycles. The average Bonchev–Trinajstić information content (AvgIpc) is 1.63. The molecule has 0 aliphatic carbocycles. The van der Waals surface area contributed by atoms with E-state index >= 15 is 0 Å². The summed E-state index contributed by atoms with van der Waals surface area (Å²) in [5, 5.41) is 21.3. The summed E-state index contributed by atoms with van der Waals surface area (Å²) in [5.41, 5.74) is 19.8. The van der Waals surface area contributed by atoms with Crippen molar-refractivity contribution in [3.05, 3.63) is 256 Å². The normalized spacial score (nSPS) is 11.9. The Labute approximate surface area is 497 Å². The van der Waals surface area contributed by atoms with Gasteiger partial charge in [-0.05, 0) is 101 Å². The van der Waals surface area contributed by atoms with E-state index in [0.29, 0.717) is 5.56 Å². The van der Waals surface area contributed by atoms with Crippen LogP contribution in [0.4, 0.5) is 0 Å². The summed E-state index contributed by atoms with van der Waals surface area (Å²) in [4.78, 5) is 35.6. The third kappa shape index (κ3) is 7.51. The first kappa shape index (κ1) is 49.6. The lowest BCUT2D eigenvalue weighted by Crippen LogP contribution is -2.18. The summed E-state index contributed by atoms with van der Waals surface area (Å²) in [6.45, 7) is 4.59. The molecule has 13 heteroatoms. The lowest BCUT2D eigenvalue weighted by molar-refractivity contribution is 0.833. The number of rotatable bonds is 9. The zero-order valence-electron chi connectivity index (χ0n) is 47.0. The van der Waals surface area contributed by atoms with Gasteiger partial charge in [-0.2, -0.15) is 5.26 Å². The number of nitriles is 1. The third-order valence-corrected chi connectivity index (χ3v) is 17.3. The van der Waals surface area contributed by atoms with Crippen LogP contribution in [0.5, 0.6) is 0 Å². The van der Waals surface area contributed by atoms with Crippen molar-refractivity contribution in [2.24, 2.45) is 0 Å². The molecule has 0 fully saturated rings. The minimum Gasteiger partial charge on any atom is -0.307 e. The van der Waals surface area contributed by atoms with Gasteiger partial charge in [0.2, 0.25) is 0 Å². The molecule has 17 aromatic rings. The Kier molecular flexibility index (Phi) is 11.1. The molecule has 0 radical (unpaired) electrons. The highest BCUT2D eigenvalue weighted by atomic mass is 15.1. The van der Waals surface area contributed by atoms with Crippen LogP contribution in [0, 0.1) is 11.3 Å². The van der Waals surface area contributed by atoms with Crippen LogP contribution in [-0.4, -0.2) is 58.1 Å². The molecule has 13 nitrogen and oxygen atoms in total. The van der Waals surface area contributed by atoms with Gasteiger partial charge in [-0.25, -0.2) is 39.9 Å². The maximum atomic E-state index is 13.0. The third-order valence-electron chi connectivity index (χ3n) is 17.3. The Bertz CT molecular complexity index is 5040. The fourth-order valence-electron chi connectivity index (χ4n) is 13.6. The molecule has 408 valence electrons. The lowest BCUT2D eigenvalue weighted by atomic mass is 9.91. The molecule has 0 spiro atoms. The lowest BCUT2D eigenvalue weighted by Gasteiger charge is -2.30. The number of aromatic nitrogens is 12. The predicted molar refractivity (Wildman–Crippen MR) is 347 cm³/mol. The minimum atomic E-state index is -0.204. The summed E-state index contributed by atoms with van der Waals surface area (Å²) >= 11 is 0. The topological polar surface area (TPSA) is 147 Å². The van der Waals surface area contributed by atoms with Gasteiger partial charge in [0.1, 0.15) is 36.9 Å². The molecule has 8 heterocycles. The standard InChI is InChI=1S/C74H47N13/c1-44(2)70-73(86-66-23-19-45(49-32-76-40-77-33-49)27-57(66)58-28-46(20-24-67(58)86)50-34-78-41-79-35-50)71(84-62-15-7-3-11-53(62)54-12-4-8-16-63(54)84)61(31-75)72(85-64-17-9-5-13-55(64)56-14-6-10-18-65(56)85)74(70)87-68-25-21-47(51-36-80-42-81-37-51)29-59(68)60-30-48(22-26-69(60)87)52-38-82-43-83-39-52/h3-30,32-44H,1-2H3. The Morgan fingerprint density at radius 1 is 0.287 bits per heavy atom. The number of para-hydroxylation sites is 4. The largest absolute Gasteiger partial charge is 0.307 e. The molecule has 87 heavy (non-hydrogen) atoms. The van der Waals surface area contributed by atoms with E-state index in [1.54, 1.807) is 25.3 Å². The van der Waals surface area contributed by atoms with Crippen molar-refractivity contribution in [3.8, 4) is 73.3 Å². The van der Waals surface area contributed by atoms with Gasteiger partial charge >= 0.3 is 0 Å². The van der Waals surface area contributed by atoms with E-state index in [9.17, 15) is 5.26 Å². The van der Waals surface area contributed by atoms with Crippen molar-refractivity contribution in [1.29, 1.82) is 5.26 Å². The first-order valence-electron chi connectivity index (χ1n) is 28.8. The Hall–Kier alpha value is -12.0. The second-order valence-corrected chi connectivity index (χ2v) is 22.3. The van der Waals surface area contributed by atoms with Crippen molar-refractivity contribution in [3.63, 3.8) is 0 Å². The Morgan fingerprint density at radius 2 is 0.529 bits per heavy atom. The van der Waals surface area contributed by atoms with Crippen molar-refractivity contribution < 1.29 is 0 Å². The van der Waals surface area contributed by atoms with Gasteiger partial charge in [0.15, 0.2) is 0 Å². The smallest absolute Gasteiger partial charge is 0.115 e. The van der Waals surface area contributed by atoms with Crippen molar-refractivity contribution in [2.45, 2.75) is 19.8 Å². The van der Waals surface area contributed by atoms with Crippen LogP contribution in [0.1, 0.15) is 30.9 Å². The van der Waals surface area contributed by atoms with Crippen LogP contribution in [0.2, 0.25) is 0 Å². The number of fused-ring (bicyclic) bond motifs is 12. The van der Waals surface area contributed by atoms with Gasteiger partial charge in [-0.15, -0.1) is 0 Å². The van der Waals surface area contributed by atoms with E-state index in [1.165, 1.54) is 0 Å². The maximum absolute atomic E-state index is 13.0. The molecule has 0 saturated carbocycles. The van der Waals surface area contributed by atoms with Crippen LogP contribution < -0.4 is 0 Å². The molecule has 17 rings (SSSR count). The van der Waals surface area contributed by atoms with E-state index in [2.05, 4.69) is 248 Å². The fraction of sp³-hybridized carbons (Fsp3) is 0.0405. The van der Waals surface area contributed by atoms with E-state index in [1.807, 2.05) is 49.6 Å². The Balaban J connectivity index is 1.14. The Morgan fingerprint density at radius 3 is 0.782 bits per heavy atom. The summed E-state index contributed by atoms with van der Waals surface area (Å²) < 4.78 is 9.60. The summed E-state index contributed by atoms with van der Waals surface area (Å²) in [5.74, 6) is -0.204. The molecule has 0 saturated heterocycles. The molecule has 0 aliphatic rings. The van der Waals surface area contributed by atoms with Crippen LogP contribution in [0.15, 0.2) is 245 Å². The summed E-state index contributed by atoms with van der Waals surface area (Å²) in [6.07, 6.45) is 21.1. The van der Waals surface area contributed by atoms with Crippen molar-refractivity contribution >= 4 is 87.2 Å². The molecular weight excluding hydrogens is 1070 g/mol. The summed E-state index contributed by atoms with van der Waals surface area (Å²) in [7, 11) is 0. The highest BCUT2D eigenvalue weighted by molar-refractivity contribution is 6.17. The van der Waals surface area contributed by atoms with Gasteiger partial charge < -0.3 is 18.3 Å². The highest BCUT2D eigenvalue weighted by Gasteiger charge is 2.35. The molecule has 0 N–H and O–H groups in total. The van der Waals surface area contributed by atoms with E-state index < -0.39 is 0 Å². The second kappa shape index (κ2) is 19.6. The van der Waals surface area contributed by atoms with E-state index in [-0.39, 0.29) is 5.92 Å². The number of hydrogen-bond donors (Lipinski definition) is 0. The van der Waals surface area contributed by atoms with Gasteiger partial charge in [0, 0.05) is 120 Å². The maximum Gasteiger partial charge on any atom is 0.115 e. The summed E-state index contributed by atoms with van der Waals surface area (Å²) in [6, 6.07) is 63.9. The minimum absolute atomic E-state index is 0.204. The number of nitrogens with zero attached hydrogens (tertiary/aromatic N) is 13. The molecule has 9 aromatic carbocycles. The fourth-order valence-corrected chi connectivity index (χ4v) is 13.6. The van der Waals surface area contributed by atoms with Gasteiger partial charge in [-0.1, -0.05) is 111 Å². The van der Waals surface area contributed by atoms with E-state index in [0.717, 1.165) is 160 Å².